The molecule has 0 fully saturated rings. The molecular formula is C9H22NO2+. The van der Waals surface area contributed by atoms with Crippen molar-refractivity contribution in [3.05, 3.63) is 0 Å². The Hall–Kier alpha value is -0.120. The summed E-state index contributed by atoms with van der Waals surface area (Å²) in [5, 5.41) is 8.75. The molecule has 0 aromatic rings. The highest BCUT2D eigenvalue weighted by atomic mass is 16.5. The second kappa shape index (κ2) is 5.51. The summed E-state index contributed by atoms with van der Waals surface area (Å²) in [4.78, 5) is 0. The third-order valence-electron chi connectivity index (χ3n) is 1.85. The van der Waals surface area contributed by atoms with Gasteiger partial charge in [0, 0.05) is 0 Å². The van der Waals surface area contributed by atoms with E-state index in [-0.39, 0.29) is 6.61 Å². The highest BCUT2D eigenvalue weighted by molar-refractivity contribution is 4.38. The van der Waals surface area contributed by atoms with Crippen LogP contribution in [0.25, 0.3) is 0 Å². The smallest absolute Gasteiger partial charge is 0.102 e. The van der Waals surface area contributed by atoms with Crippen LogP contribution < -0.4 is 0 Å². The zero-order valence-corrected chi connectivity index (χ0v) is 8.71. The molecule has 0 radical (unpaired) electrons. The molecule has 0 bridgehead atoms. The minimum atomic E-state index is 0.245. The summed E-state index contributed by atoms with van der Waals surface area (Å²) in [5.41, 5.74) is 0. The van der Waals surface area contributed by atoms with Crippen LogP contribution in [0, 0.1) is 0 Å². The monoisotopic (exact) mass is 176 g/mol. The summed E-state index contributed by atoms with van der Waals surface area (Å²) in [6.45, 7) is 6.83. The van der Waals surface area contributed by atoms with E-state index in [0.717, 1.165) is 24.2 Å². The molecule has 0 aromatic carbocycles. The van der Waals surface area contributed by atoms with Crippen molar-refractivity contribution in [2.24, 2.45) is 0 Å². The summed E-state index contributed by atoms with van der Waals surface area (Å²) in [6.07, 6.45) is 0.305. The number of ether oxygens (including phenoxy) is 1. The van der Waals surface area contributed by atoms with Crippen LogP contribution in [0.2, 0.25) is 0 Å². The Balaban J connectivity index is 3.46. The molecule has 0 unspecified atom stereocenters. The molecule has 3 heteroatoms. The Morgan fingerprint density at radius 2 is 1.83 bits per heavy atom. The van der Waals surface area contributed by atoms with Crippen LogP contribution in [0.1, 0.15) is 13.8 Å². The average molecular weight is 176 g/mol. The van der Waals surface area contributed by atoms with Crippen LogP contribution in [0.5, 0.6) is 0 Å². The van der Waals surface area contributed by atoms with E-state index in [1.54, 1.807) is 0 Å². The number of hydrogen-bond donors (Lipinski definition) is 1. The Morgan fingerprint density at radius 1 is 1.25 bits per heavy atom. The fraction of sp³-hybridized carbons (Fsp3) is 1.00. The number of nitrogens with zero attached hydrogens (tertiary/aromatic N) is 1. The van der Waals surface area contributed by atoms with E-state index in [2.05, 4.69) is 14.1 Å². The van der Waals surface area contributed by atoms with E-state index in [1.165, 1.54) is 0 Å². The number of hydrogen-bond acceptors (Lipinski definition) is 2. The van der Waals surface area contributed by atoms with E-state index >= 15 is 0 Å². The largest absolute Gasteiger partial charge is 0.391 e. The SMILES string of the molecule is CC(C)OCC[N+](C)(C)CCO. The molecule has 0 saturated heterocycles. The van der Waals surface area contributed by atoms with Gasteiger partial charge in [-0.15, -0.1) is 0 Å². The topological polar surface area (TPSA) is 29.5 Å². The minimum absolute atomic E-state index is 0.245. The summed E-state index contributed by atoms with van der Waals surface area (Å²) in [6, 6.07) is 0. The molecule has 0 amide bonds. The lowest BCUT2D eigenvalue weighted by atomic mass is 10.4. The van der Waals surface area contributed by atoms with Crippen molar-refractivity contribution in [1.29, 1.82) is 0 Å². The minimum Gasteiger partial charge on any atom is -0.391 e. The van der Waals surface area contributed by atoms with Gasteiger partial charge < -0.3 is 14.3 Å². The highest BCUT2D eigenvalue weighted by Crippen LogP contribution is 1.96. The molecule has 0 atom stereocenters. The van der Waals surface area contributed by atoms with Gasteiger partial charge in [0.2, 0.25) is 0 Å². The number of quaternary nitrogens is 1. The number of rotatable bonds is 6. The number of aliphatic hydroxyl groups excluding tert-OH is 1. The van der Waals surface area contributed by atoms with E-state index in [1.807, 2.05) is 13.8 Å². The Labute approximate surface area is 75.5 Å². The van der Waals surface area contributed by atoms with Gasteiger partial charge in [-0.3, -0.25) is 0 Å². The second-order valence-electron chi connectivity index (χ2n) is 4.03. The normalized spacial score (nSPS) is 12.5. The zero-order chi connectivity index (χ0) is 9.61. The number of likely N-dealkylation sites (N-methyl/N-ethyl adjacent to an activating group) is 1. The molecule has 0 aliphatic carbocycles. The summed E-state index contributed by atoms with van der Waals surface area (Å²) in [7, 11) is 4.19. The van der Waals surface area contributed by atoms with Crippen LogP contribution in [-0.4, -0.2) is 56.1 Å². The van der Waals surface area contributed by atoms with Crippen molar-refractivity contribution >= 4 is 0 Å². The maximum Gasteiger partial charge on any atom is 0.102 e. The predicted molar refractivity (Wildman–Crippen MR) is 50.0 cm³/mol. The van der Waals surface area contributed by atoms with Gasteiger partial charge in [0.15, 0.2) is 0 Å². The molecule has 74 valence electrons. The van der Waals surface area contributed by atoms with E-state index in [4.69, 9.17) is 9.84 Å². The molecule has 0 aliphatic rings. The third-order valence-corrected chi connectivity index (χ3v) is 1.85. The molecule has 12 heavy (non-hydrogen) atoms. The maximum atomic E-state index is 8.75. The summed E-state index contributed by atoms with van der Waals surface area (Å²) >= 11 is 0. The van der Waals surface area contributed by atoms with Crippen molar-refractivity contribution < 1.29 is 14.3 Å². The lowest BCUT2D eigenvalue weighted by molar-refractivity contribution is -0.891. The third kappa shape index (κ3) is 6.58. The van der Waals surface area contributed by atoms with Gasteiger partial charge in [-0.05, 0) is 13.8 Å². The van der Waals surface area contributed by atoms with Crippen LogP contribution >= 0.6 is 0 Å². The van der Waals surface area contributed by atoms with Crippen LogP contribution in [0.4, 0.5) is 0 Å². The predicted octanol–water partition coefficient (Wildman–Crippen LogP) is 0.480. The molecule has 0 heterocycles. The first-order valence-corrected chi connectivity index (χ1v) is 4.52. The van der Waals surface area contributed by atoms with Crippen LogP contribution in [0.15, 0.2) is 0 Å². The molecule has 0 aromatic heterocycles. The van der Waals surface area contributed by atoms with Gasteiger partial charge in [-0.1, -0.05) is 0 Å². The molecule has 0 spiro atoms. The van der Waals surface area contributed by atoms with Crippen molar-refractivity contribution in [2.45, 2.75) is 20.0 Å². The Bertz CT molecular complexity index is 113. The zero-order valence-electron chi connectivity index (χ0n) is 8.71. The van der Waals surface area contributed by atoms with Crippen molar-refractivity contribution in [3.63, 3.8) is 0 Å². The second-order valence-corrected chi connectivity index (χ2v) is 4.03. The maximum absolute atomic E-state index is 8.75. The lowest BCUT2D eigenvalue weighted by Crippen LogP contribution is -2.44. The van der Waals surface area contributed by atoms with Gasteiger partial charge in [-0.2, -0.15) is 0 Å². The van der Waals surface area contributed by atoms with E-state index < -0.39 is 0 Å². The van der Waals surface area contributed by atoms with Gasteiger partial charge in [0.1, 0.15) is 13.1 Å². The van der Waals surface area contributed by atoms with Gasteiger partial charge in [-0.25, -0.2) is 0 Å². The number of aliphatic hydroxyl groups is 1. The first-order chi connectivity index (χ1) is 5.48. The molecule has 3 nitrogen and oxygen atoms in total. The van der Waals surface area contributed by atoms with Crippen molar-refractivity contribution in [3.8, 4) is 0 Å². The van der Waals surface area contributed by atoms with E-state index in [9.17, 15) is 0 Å². The molecule has 1 N–H and O–H groups in total. The van der Waals surface area contributed by atoms with Crippen LogP contribution in [0.3, 0.4) is 0 Å². The molecule has 0 saturated carbocycles. The highest BCUT2D eigenvalue weighted by Gasteiger charge is 2.13. The van der Waals surface area contributed by atoms with Gasteiger partial charge >= 0.3 is 0 Å². The standard InChI is InChI=1S/C9H22NO2/c1-9(2)12-8-6-10(3,4)5-7-11/h9,11H,5-8H2,1-4H3/q+1. The average Bonchev–Trinajstić information content (AvgIpc) is 1.85. The molecule has 0 rings (SSSR count). The first-order valence-electron chi connectivity index (χ1n) is 4.52. The van der Waals surface area contributed by atoms with Crippen molar-refractivity contribution in [1.82, 2.24) is 0 Å². The summed E-state index contributed by atoms with van der Waals surface area (Å²) in [5.74, 6) is 0. The van der Waals surface area contributed by atoms with Crippen molar-refractivity contribution in [2.75, 3.05) is 40.4 Å². The van der Waals surface area contributed by atoms with Gasteiger partial charge in [0.25, 0.3) is 0 Å². The first kappa shape index (κ1) is 11.9. The fourth-order valence-corrected chi connectivity index (χ4v) is 0.918. The fourth-order valence-electron chi connectivity index (χ4n) is 0.918. The lowest BCUT2D eigenvalue weighted by Gasteiger charge is -2.29. The van der Waals surface area contributed by atoms with E-state index in [0.29, 0.717) is 6.10 Å². The quantitative estimate of drug-likeness (QED) is 0.596. The summed E-state index contributed by atoms with van der Waals surface area (Å²) < 4.78 is 6.25. The Morgan fingerprint density at radius 3 is 2.25 bits per heavy atom. The Kier molecular flexibility index (Phi) is 5.46. The molecule has 0 aliphatic heterocycles. The van der Waals surface area contributed by atoms with Gasteiger partial charge in [0.05, 0.1) is 33.4 Å². The van der Waals surface area contributed by atoms with Crippen LogP contribution in [-0.2, 0) is 4.74 Å². The molecular weight excluding hydrogens is 154 g/mol.